The quantitative estimate of drug-likeness (QED) is 0.565. The Morgan fingerprint density at radius 1 is 1.08 bits per heavy atom. The number of carbonyl (C=O) groups is 1. The summed E-state index contributed by atoms with van der Waals surface area (Å²) in [5, 5.41) is 29.7. The van der Waals surface area contributed by atoms with Crippen LogP contribution in [0.4, 0.5) is 0 Å². The average Bonchev–Trinajstić information content (AvgIpc) is 3.01. The van der Waals surface area contributed by atoms with Gasteiger partial charge < -0.3 is 24.8 Å². The van der Waals surface area contributed by atoms with Crippen molar-refractivity contribution in [2.24, 2.45) is 0 Å². The summed E-state index contributed by atoms with van der Waals surface area (Å²) in [6, 6.07) is 5.91. The lowest BCUT2D eigenvalue weighted by Crippen LogP contribution is -2.20. The summed E-state index contributed by atoms with van der Waals surface area (Å²) in [6.45, 7) is 5.73. The van der Waals surface area contributed by atoms with Gasteiger partial charge in [0.25, 0.3) is 0 Å². The molecule has 0 aliphatic carbocycles. The van der Waals surface area contributed by atoms with Crippen LogP contribution in [-0.4, -0.2) is 27.2 Å². The summed E-state index contributed by atoms with van der Waals surface area (Å²) >= 11 is 0. The van der Waals surface area contributed by atoms with Crippen molar-refractivity contribution in [3.8, 4) is 28.7 Å². The monoisotopic (exact) mass is 354 g/mol. The first-order chi connectivity index (χ1) is 12.3. The van der Waals surface area contributed by atoms with Crippen LogP contribution in [0.25, 0.3) is 0 Å². The summed E-state index contributed by atoms with van der Waals surface area (Å²) in [5.41, 5.74) is 2.15. The van der Waals surface area contributed by atoms with E-state index in [-0.39, 0.29) is 46.9 Å². The van der Waals surface area contributed by atoms with Crippen LogP contribution in [0.15, 0.2) is 36.4 Å². The number of rotatable bonds is 2. The molecule has 2 atom stereocenters. The number of ether oxygens (including phenoxy) is 2. The zero-order valence-corrected chi connectivity index (χ0v) is 14.2. The molecule has 6 nitrogen and oxygen atoms in total. The number of phenols is 3. The molecule has 2 aromatic rings. The second-order valence-corrected chi connectivity index (χ2v) is 6.71. The Morgan fingerprint density at radius 3 is 2.54 bits per heavy atom. The van der Waals surface area contributed by atoms with Gasteiger partial charge in [-0.2, -0.15) is 0 Å². The van der Waals surface area contributed by atoms with E-state index in [9.17, 15) is 20.1 Å². The maximum Gasteiger partial charge on any atom is 0.174 e. The molecule has 0 unspecified atom stereocenters. The highest BCUT2D eigenvalue weighted by molar-refractivity contribution is 6.03. The molecule has 26 heavy (non-hydrogen) atoms. The number of hydrogen-bond donors (Lipinski definition) is 3. The van der Waals surface area contributed by atoms with Crippen molar-refractivity contribution >= 4 is 5.78 Å². The Hall–Kier alpha value is -3.15. The Morgan fingerprint density at radius 2 is 1.85 bits per heavy atom. The van der Waals surface area contributed by atoms with E-state index in [4.69, 9.17) is 9.47 Å². The Balaban J connectivity index is 1.73. The predicted molar refractivity (Wildman–Crippen MR) is 93.1 cm³/mol. The molecule has 0 amide bonds. The fourth-order valence-electron chi connectivity index (χ4n) is 3.37. The van der Waals surface area contributed by atoms with Gasteiger partial charge >= 0.3 is 0 Å². The van der Waals surface area contributed by atoms with Gasteiger partial charge in [-0.05, 0) is 30.2 Å². The molecule has 2 aromatic carbocycles. The van der Waals surface area contributed by atoms with Crippen LogP contribution in [0.3, 0.4) is 0 Å². The third-order valence-corrected chi connectivity index (χ3v) is 4.83. The van der Waals surface area contributed by atoms with E-state index < -0.39 is 6.10 Å². The number of aromatic hydroxyl groups is 3. The normalized spacial score (nSPS) is 20.7. The fourth-order valence-corrected chi connectivity index (χ4v) is 3.37. The Labute approximate surface area is 149 Å². The lowest BCUT2D eigenvalue weighted by molar-refractivity contribution is 0.0844. The maximum atomic E-state index is 12.6. The second kappa shape index (κ2) is 5.69. The molecule has 3 N–H and O–H groups in total. The van der Waals surface area contributed by atoms with Crippen molar-refractivity contribution in [2.45, 2.75) is 32.0 Å². The summed E-state index contributed by atoms with van der Waals surface area (Å²) in [7, 11) is 0. The third kappa shape index (κ3) is 2.45. The van der Waals surface area contributed by atoms with Crippen molar-refractivity contribution in [2.75, 3.05) is 0 Å². The third-order valence-electron chi connectivity index (χ3n) is 4.83. The number of carbonyl (C=O) groups excluding carboxylic acids is 1. The highest BCUT2D eigenvalue weighted by Gasteiger charge is 2.36. The maximum absolute atomic E-state index is 12.6. The van der Waals surface area contributed by atoms with Crippen molar-refractivity contribution in [1.82, 2.24) is 0 Å². The fraction of sp³-hybridized carbons (Fsp3) is 0.250. The molecule has 2 aliphatic heterocycles. The highest BCUT2D eigenvalue weighted by Crippen LogP contribution is 2.48. The van der Waals surface area contributed by atoms with Gasteiger partial charge in [0.15, 0.2) is 17.3 Å². The number of hydrogen-bond acceptors (Lipinski definition) is 6. The van der Waals surface area contributed by atoms with Crippen molar-refractivity contribution in [3.05, 3.63) is 53.1 Å². The van der Waals surface area contributed by atoms with Crippen molar-refractivity contribution in [3.63, 3.8) is 0 Å². The Bertz CT molecular complexity index is 946. The van der Waals surface area contributed by atoms with Gasteiger partial charge in [-0.15, -0.1) is 0 Å². The van der Waals surface area contributed by atoms with Gasteiger partial charge in [0.2, 0.25) is 0 Å². The molecule has 6 heteroatoms. The number of Topliss-reactive ketones (excluding diaryl/α,β-unsaturated/α-hetero) is 1. The van der Waals surface area contributed by atoms with E-state index >= 15 is 0 Å². The van der Waals surface area contributed by atoms with Gasteiger partial charge in [0.05, 0.1) is 6.42 Å². The standard InChI is InChI=1S/C20H18O6/c1-9(2)15-6-11-17(25-15)8-18-19(20(11)24)14(23)7-16(26-18)10-3-4-12(21)13(22)5-10/h3-5,8,15-16,21-22,24H,1,6-7H2,2H3/t15-,16-/m1/s1. The van der Waals surface area contributed by atoms with Gasteiger partial charge in [0, 0.05) is 18.1 Å². The van der Waals surface area contributed by atoms with Gasteiger partial charge in [-0.3, -0.25) is 4.79 Å². The van der Waals surface area contributed by atoms with Crippen LogP contribution < -0.4 is 9.47 Å². The molecule has 2 heterocycles. The number of ketones is 1. The SMILES string of the molecule is C=C(C)[C@H]1Cc2c(cc3c(c2O)C(=O)C[C@H](c2ccc(O)c(O)c2)O3)O1. The predicted octanol–water partition coefficient (Wildman–Crippen LogP) is 3.39. The van der Waals surface area contributed by atoms with Gasteiger partial charge in [-0.25, -0.2) is 0 Å². The molecule has 2 aliphatic rings. The molecule has 0 spiro atoms. The van der Waals surface area contributed by atoms with Gasteiger partial charge in [0.1, 0.15) is 35.0 Å². The second-order valence-electron chi connectivity index (χ2n) is 6.71. The molecule has 0 radical (unpaired) electrons. The molecular weight excluding hydrogens is 336 g/mol. The average molecular weight is 354 g/mol. The first-order valence-electron chi connectivity index (χ1n) is 8.27. The van der Waals surface area contributed by atoms with Crippen LogP contribution in [0.1, 0.15) is 40.9 Å². The van der Waals surface area contributed by atoms with Crippen LogP contribution in [0, 0.1) is 0 Å². The molecule has 0 fully saturated rings. The zero-order chi connectivity index (χ0) is 18.6. The molecule has 0 bridgehead atoms. The van der Waals surface area contributed by atoms with Crippen LogP contribution >= 0.6 is 0 Å². The summed E-state index contributed by atoms with van der Waals surface area (Å²) in [5.74, 6) is -0.144. The van der Waals surface area contributed by atoms with E-state index in [2.05, 4.69) is 6.58 Å². The minimum absolute atomic E-state index is 0.0222. The van der Waals surface area contributed by atoms with Gasteiger partial charge in [-0.1, -0.05) is 12.6 Å². The first-order valence-corrected chi connectivity index (χ1v) is 8.27. The summed E-state index contributed by atoms with van der Waals surface area (Å²) in [4.78, 5) is 12.6. The van der Waals surface area contributed by atoms with E-state index in [1.165, 1.54) is 12.1 Å². The molecular formula is C20H18O6. The zero-order valence-electron chi connectivity index (χ0n) is 14.2. The van der Waals surface area contributed by atoms with E-state index in [1.54, 1.807) is 12.1 Å². The molecule has 0 saturated carbocycles. The van der Waals surface area contributed by atoms with Crippen LogP contribution in [0.5, 0.6) is 28.7 Å². The number of benzene rings is 2. The van der Waals surface area contributed by atoms with Crippen LogP contribution in [-0.2, 0) is 6.42 Å². The Kier molecular flexibility index (Phi) is 3.57. The first kappa shape index (κ1) is 16.3. The molecule has 4 rings (SSSR count). The molecule has 134 valence electrons. The molecule has 0 aromatic heterocycles. The van der Waals surface area contributed by atoms with Crippen LogP contribution in [0.2, 0.25) is 0 Å². The largest absolute Gasteiger partial charge is 0.507 e. The minimum atomic E-state index is -0.628. The topological polar surface area (TPSA) is 96.2 Å². The summed E-state index contributed by atoms with van der Waals surface area (Å²) < 4.78 is 11.7. The van der Waals surface area contributed by atoms with Crippen molar-refractivity contribution < 1.29 is 29.6 Å². The lowest BCUT2D eigenvalue weighted by atomic mass is 9.92. The van der Waals surface area contributed by atoms with Crippen molar-refractivity contribution in [1.29, 1.82) is 0 Å². The lowest BCUT2D eigenvalue weighted by Gasteiger charge is -2.27. The molecule has 0 saturated heterocycles. The smallest absolute Gasteiger partial charge is 0.174 e. The summed E-state index contributed by atoms with van der Waals surface area (Å²) in [6.07, 6.45) is -0.377. The van der Waals surface area contributed by atoms with E-state index in [0.717, 1.165) is 5.57 Å². The van der Waals surface area contributed by atoms with E-state index in [1.807, 2.05) is 6.92 Å². The minimum Gasteiger partial charge on any atom is -0.507 e. The highest BCUT2D eigenvalue weighted by atomic mass is 16.5. The van der Waals surface area contributed by atoms with E-state index in [0.29, 0.717) is 23.3 Å². The number of phenolic OH excluding ortho intramolecular Hbond substituents is 3. The number of fused-ring (bicyclic) bond motifs is 2.